The molecule has 3 N–H and O–H groups in total. The van der Waals surface area contributed by atoms with Crippen LogP contribution in [0.4, 0.5) is 5.69 Å². The topological polar surface area (TPSA) is 76.2 Å². The van der Waals surface area contributed by atoms with Crippen LogP contribution in [-0.4, -0.2) is 16.1 Å². The SMILES string of the molecule is Nc1cncc(-c2ccccc2)c1C(=O)O. The molecule has 4 heteroatoms. The van der Waals surface area contributed by atoms with Gasteiger partial charge in [0, 0.05) is 11.8 Å². The van der Waals surface area contributed by atoms with Gasteiger partial charge in [-0.2, -0.15) is 0 Å². The molecule has 0 atom stereocenters. The zero-order valence-corrected chi connectivity index (χ0v) is 8.42. The number of hydrogen-bond acceptors (Lipinski definition) is 3. The number of carboxylic acids is 1. The summed E-state index contributed by atoms with van der Waals surface area (Å²) >= 11 is 0. The molecule has 16 heavy (non-hydrogen) atoms. The van der Waals surface area contributed by atoms with Crippen molar-refractivity contribution in [1.82, 2.24) is 4.98 Å². The predicted octanol–water partition coefficient (Wildman–Crippen LogP) is 2.03. The molecule has 2 rings (SSSR count). The molecule has 0 fully saturated rings. The van der Waals surface area contributed by atoms with Gasteiger partial charge in [0.25, 0.3) is 0 Å². The second kappa shape index (κ2) is 4.02. The van der Waals surface area contributed by atoms with Crippen molar-refractivity contribution in [1.29, 1.82) is 0 Å². The van der Waals surface area contributed by atoms with E-state index in [4.69, 9.17) is 10.8 Å². The summed E-state index contributed by atoms with van der Waals surface area (Å²) in [6.07, 6.45) is 2.85. The van der Waals surface area contributed by atoms with Gasteiger partial charge in [0.15, 0.2) is 0 Å². The number of rotatable bonds is 2. The summed E-state index contributed by atoms with van der Waals surface area (Å²) in [5, 5.41) is 9.10. The summed E-state index contributed by atoms with van der Waals surface area (Å²) in [4.78, 5) is 15.0. The van der Waals surface area contributed by atoms with Gasteiger partial charge in [-0.15, -0.1) is 0 Å². The molecule has 2 aromatic rings. The van der Waals surface area contributed by atoms with Crippen LogP contribution in [0.15, 0.2) is 42.7 Å². The van der Waals surface area contributed by atoms with Crippen LogP contribution < -0.4 is 5.73 Å². The van der Waals surface area contributed by atoms with E-state index in [-0.39, 0.29) is 11.3 Å². The number of nitrogens with zero attached hydrogens (tertiary/aromatic N) is 1. The van der Waals surface area contributed by atoms with Crippen molar-refractivity contribution in [2.45, 2.75) is 0 Å². The summed E-state index contributed by atoms with van der Waals surface area (Å²) in [6, 6.07) is 9.18. The lowest BCUT2D eigenvalue weighted by molar-refractivity contribution is 0.0699. The van der Waals surface area contributed by atoms with E-state index in [9.17, 15) is 4.79 Å². The van der Waals surface area contributed by atoms with Gasteiger partial charge in [-0.25, -0.2) is 4.79 Å². The Bertz CT molecular complexity index is 524. The second-order valence-corrected chi connectivity index (χ2v) is 3.32. The molecular weight excluding hydrogens is 204 g/mol. The second-order valence-electron chi connectivity index (χ2n) is 3.32. The number of anilines is 1. The minimum absolute atomic E-state index is 0.0983. The van der Waals surface area contributed by atoms with E-state index >= 15 is 0 Å². The molecule has 0 unspecified atom stereocenters. The first-order chi connectivity index (χ1) is 7.70. The zero-order chi connectivity index (χ0) is 11.5. The number of nitrogens with two attached hydrogens (primary N) is 1. The minimum Gasteiger partial charge on any atom is -0.478 e. The van der Waals surface area contributed by atoms with Crippen LogP contribution in [0.5, 0.6) is 0 Å². The minimum atomic E-state index is -1.04. The largest absolute Gasteiger partial charge is 0.478 e. The highest BCUT2D eigenvalue weighted by Crippen LogP contribution is 2.26. The summed E-state index contributed by atoms with van der Waals surface area (Å²) in [6.45, 7) is 0. The average molecular weight is 214 g/mol. The highest BCUT2D eigenvalue weighted by molar-refractivity contribution is 6.00. The Morgan fingerprint density at radius 2 is 1.88 bits per heavy atom. The number of hydrogen-bond donors (Lipinski definition) is 2. The predicted molar refractivity (Wildman–Crippen MR) is 61.0 cm³/mol. The van der Waals surface area contributed by atoms with Crippen molar-refractivity contribution >= 4 is 11.7 Å². The van der Waals surface area contributed by atoms with Crippen LogP contribution in [0.25, 0.3) is 11.1 Å². The Labute approximate surface area is 92.4 Å². The van der Waals surface area contributed by atoms with Crippen molar-refractivity contribution in [3.63, 3.8) is 0 Å². The molecule has 80 valence electrons. The molecule has 1 aromatic heterocycles. The maximum atomic E-state index is 11.1. The number of aromatic nitrogens is 1. The number of nitrogen functional groups attached to an aromatic ring is 1. The van der Waals surface area contributed by atoms with E-state index in [0.717, 1.165) is 5.56 Å². The Morgan fingerprint density at radius 1 is 1.19 bits per heavy atom. The number of carboxylic acid groups (broad SMARTS) is 1. The maximum absolute atomic E-state index is 11.1. The summed E-state index contributed by atoms with van der Waals surface area (Å²) in [5.74, 6) is -1.04. The highest BCUT2D eigenvalue weighted by Gasteiger charge is 2.15. The van der Waals surface area contributed by atoms with Crippen molar-refractivity contribution < 1.29 is 9.90 Å². The summed E-state index contributed by atoms with van der Waals surface area (Å²) in [7, 11) is 0. The van der Waals surface area contributed by atoms with Gasteiger partial charge in [0.1, 0.15) is 0 Å². The third-order valence-electron chi connectivity index (χ3n) is 2.27. The fraction of sp³-hybridized carbons (Fsp3) is 0. The van der Waals surface area contributed by atoms with Gasteiger partial charge in [-0.05, 0) is 5.56 Å². The molecule has 0 amide bonds. The van der Waals surface area contributed by atoms with E-state index in [0.29, 0.717) is 5.56 Å². The van der Waals surface area contributed by atoms with Gasteiger partial charge in [0.2, 0.25) is 0 Å². The zero-order valence-electron chi connectivity index (χ0n) is 8.42. The fourth-order valence-corrected chi connectivity index (χ4v) is 1.55. The molecule has 4 nitrogen and oxygen atoms in total. The van der Waals surface area contributed by atoms with Crippen molar-refractivity contribution in [2.24, 2.45) is 0 Å². The summed E-state index contributed by atoms with van der Waals surface area (Å²) < 4.78 is 0. The summed E-state index contributed by atoms with van der Waals surface area (Å²) in [5.41, 5.74) is 7.22. The van der Waals surface area contributed by atoms with Crippen molar-refractivity contribution in [3.05, 3.63) is 48.3 Å². The standard InChI is InChI=1S/C12H10N2O2/c13-10-7-14-6-9(11(10)12(15)16)8-4-2-1-3-5-8/h1-7H,13H2,(H,15,16). The average Bonchev–Trinajstić information content (AvgIpc) is 2.29. The van der Waals surface area contributed by atoms with E-state index < -0.39 is 5.97 Å². The van der Waals surface area contributed by atoms with Crippen LogP contribution >= 0.6 is 0 Å². The molecule has 1 aromatic carbocycles. The molecular formula is C12H10N2O2. The Balaban J connectivity index is 2.66. The lowest BCUT2D eigenvalue weighted by Crippen LogP contribution is -2.05. The highest BCUT2D eigenvalue weighted by atomic mass is 16.4. The van der Waals surface area contributed by atoms with E-state index in [1.807, 2.05) is 30.3 Å². The van der Waals surface area contributed by atoms with Crippen LogP contribution in [0.1, 0.15) is 10.4 Å². The molecule has 0 saturated carbocycles. The van der Waals surface area contributed by atoms with E-state index in [1.165, 1.54) is 12.4 Å². The number of aromatic carboxylic acids is 1. The molecule has 0 spiro atoms. The monoisotopic (exact) mass is 214 g/mol. The molecule has 0 saturated heterocycles. The van der Waals surface area contributed by atoms with Gasteiger partial charge in [-0.3, -0.25) is 4.98 Å². The molecule has 1 heterocycles. The van der Waals surface area contributed by atoms with Gasteiger partial charge >= 0.3 is 5.97 Å². The third-order valence-corrected chi connectivity index (χ3v) is 2.27. The number of carbonyl (C=O) groups is 1. The van der Waals surface area contributed by atoms with Crippen LogP contribution in [0.2, 0.25) is 0 Å². The van der Waals surface area contributed by atoms with Crippen LogP contribution in [0, 0.1) is 0 Å². The first-order valence-corrected chi connectivity index (χ1v) is 4.72. The van der Waals surface area contributed by atoms with Gasteiger partial charge in [-0.1, -0.05) is 30.3 Å². The van der Waals surface area contributed by atoms with Gasteiger partial charge in [0.05, 0.1) is 17.4 Å². The van der Waals surface area contributed by atoms with Crippen molar-refractivity contribution in [3.8, 4) is 11.1 Å². The molecule has 0 bridgehead atoms. The quantitative estimate of drug-likeness (QED) is 0.801. The number of pyridine rings is 1. The van der Waals surface area contributed by atoms with Crippen LogP contribution in [0.3, 0.4) is 0 Å². The normalized spacial score (nSPS) is 10.0. The number of benzene rings is 1. The maximum Gasteiger partial charge on any atom is 0.338 e. The lowest BCUT2D eigenvalue weighted by Gasteiger charge is -2.07. The van der Waals surface area contributed by atoms with Gasteiger partial charge < -0.3 is 10.8 Å². The van der Waals surface area contributed by atoms with Crippen molar-refractivity contribution in [2.75, 3.05) is 5.73 Å². The molecule has 0 radical (unpaired) electrons. The first kappa shape index (κ1) is 10.2. The third kappa shape index (κ3) is 1.72. The molecule has 0 aliphatic carbocycles. The Morgan fingerprint density at radius 3 is 2.50 bits per heavy atom. The Hall–Kier alpha value is -2.36. The van der Waals surface area contributed by atoms with E-state index in [2.05, 4.69) is 4.98 Å². The Kier molecular flexibility index (Phi) is 2.55. The smallest absolute Gasteiger partial charge is 0.338 e. The first-order valence-electron chi connectivity index (χ1n) is 4.72. The van der Waals surface area contributed by atoms with Crippen LogP contribution in [-0.2, 0) is 0 Å². The fourth-order valence-electron chi connectivity index (χ4n) is 1.55. The lowest BCUT2D eigenvalue weighted by atomic mass is 10.0. The molecule has 0 aliphatic rings. The molecule has 0 aliphatic heterocycles. The van der Waals surface area contributed by atoms with E-state index in [1.54, 1.807) is 0 Å².